The molecule has 0 bridgehead atoms. The quantitative estimate of drug-likeness (QED) is 0.875. The van der Waals surface area contributed by atoms with Crippen LogP contribution in [0.1, 0.15) is 23.9 Å². The average Bonchev–Trinajstić information content (AvgIpc) is 2.94. The van der Waals surface area contributed by atoms with Crippen molar-refractivity contribution in [3.05, 3.63) is 32.7 Å². The number of hydrogen-bond donors (Lipinski definition) is 1. The van der Waals surface area contributed by atoms with E-state index in [1.165, 1.54) is 16.0 Å². The molecule has 0 aliphatic heterocycles. The minimum atomic E-state index is -0.106. The lowest BCUT2D eigenvalue weighted by molar-refractivity contribution is 0.250. The standard InChI is InChI=1S/C15H21N3O2S2/c1-9(5-19)6-21-7-12-8-22-14(16-12)13-10(2)11(3)17-18(4)15(13)20/h8-9,19H,5-7H2,1-4H3. The van der Waals surface area contributed by atoms with E-state index in [9.17, 15) is 4.79 Å². The Labute approximate surface area is 138 Å². The van der Waals surface area contributed by atoms with Crippen LogP contribution in [0.5, 0.6) is 0 Å². The molecule has 1 N–H and O–H groups in total. The second-order valence-electron chi connectivity index (χ2n) is 5.46. The fourth-order valence-corrected chi connectivity index (χ4v) is 4.01. The molecule has 2 aromatic rings. The summed E-state index contributed by atoms with van der Waals surface area (Å²) in [4.78, 5) is 16.9. The van der Waals surface area contributed by atoms with Gasteiger partial charge in [-0.05, 0) is 31.1 Å². The summed E-state index contributed by atoms with van der Waals surface area (Å²) in [7, 11) is 1.67. The maximum atomic E-state index is 12.3. The molecule has 2 rings (SSSR count). The largest absolute Gasteiger partial charge is 0.396 e. The molecule has 2 aromatic heterocycles. The molecular formula is C15H21N3O2S2. The topological polar surface area (TPSA) is 68.0 Å². The number of rotatable bonds is 6. The second-order valence-corrected chi connectivity index (χ2v) is 7.35. The third-order valence-corrected chi connectivity index (χ3v) is 5.67. The zero-order valence-electron chi connectivity index (χ0n) is 13.3. The van der Waals surface area contributed by atoms with Crippen LogP contribution in [0.4, 0.5) is 0 Å². The summed E-state index contributed by atoms with van der Waals surface area (Å²) >= 11 is 3.25. The monoisotopic (exact) mass is 339 g/mol. The number of aliphatic hydroxyl groups excluding tert-OH is 1. The van der Waals surface area contributed by atoms with Gasteiger partial charge in [-0.3, -0.25) is 4.79 Å². The highest BCUT2D eigenvalue weighted by Crippen LogP contribution is 2.26. The molecule has 2 heterocycles. The maximum Gasteiger partial charge on any atom is 0.277 e. The van der Waals surface area contributed by atoms with E-state index >= 15 is 0 Å². The van der Waals surface area contributed by atoms with Crippen LogP contribution < -0.4 is 5.56 Å². The molecule has 0 saturated carbocycles. The van der Waals surface area contributed by atoms with Crippen LogP contribution in [0.25, 0.3) is 10.6 Å². The number of aryl methyl sites for hydroxylation is 2. The second kappa shape index (κ2) is 7.39. The average molecular weight is 339 g/mol. The van der Waals surface area contributed by atoms with Crippen molar-refractivity contribution >= 4 is 23.1 Å². The molecule has 0 spiro atoms. The van der Waals surface area contributed by atoms with Crippen LogP contribution in [-0.4, -0.2) is 32.2 Å². The van der Waals surface area contributed by atoms with Crippen molar-refractivity contribution in [2.24, 2.45) is 13.0 Å². The van der Waals surface area contributed by atoms with Gasteiger partial charge in [0, 0.05) is 24.8 Å². The summed E-state index contributed by atoms with van der Waals surface area (Å²) in [5.74, 6) is 1.99. The van der Waals surface area contributed by atoms with Crippen LogP contribution in [0.15, 0.2) is 10.2 Å². The first kappa shape index (κ1) is 17.2. The zero-order valence-corrected chi connectivity index (χ0v) is 14.9. The predicted molar refractivity (Wildman–Crippen MR) is 92.5 cm³/mol. The molecule has 0 aromatic carbocycles. The minimum absolute atomic E-state index is 0.106. The number of thioether (sulfide) groups is 1. The molecule has 1 unspecified atom stereocenters. The van der Waals surface area contributed by atoms with E-state index in [-0.39, 0.29) is 12.2 Å². The SMILES string of the molecule is Cc1nn(C)c(=O)c(-c2nc(CSCC(C)CO)cs2)c1C. The Morgan fingerprint density at radius 1 is 1.45 bits per heavy atom. The molecule has 0 radical (unpaired) electrons. The molecule has 0 aliphatic carbocycles. The minimum Gasteiger partial charge on any atom is -0.396 e. The van der Waals surface area contributed by atoms with E-state index in [2.05, 4.69) is 10.1 Å². The number of aromatic nitrogens is 3. The van der Waals surface area contributed by atoms with Gasteiger partial charge in [-0.15, -0.1) is 11.3 Å². The molecule has 1 atom stereocenters. The molecule has 0 aliphatic rings. The first-order valence-corrected chi connectivity index (χ1v) is 9.15. The normalized spacial score (nSPS) is 12.6. The molecule has 0 fully saturated rings. The summed E-state index contributed by atoms with van der Waals surface area (Å²) in [6.07, 6.45) is 0. The lowest BCUT2D eigenvalue weighted by Crippen LogP contribution is -2.23. The Kier molecular flexibility index (Phi) is 5.77. The number of hydrogen-bond acceptors (Lipinski definition) is 6. The first-order valence-electron chi connectivity index (χ1n) is 7.12. The van der Waals surface area contributed by atoms with E-state index in [1.54, 1.807) is 18.8 Å². The van der Waals surface area contributed by atoms with Gasteiger partial charge in [-0.2, -0.15) is 16.9 Å². The van der Waals surface area contributed by atoms with Gasteiger partial charge in [0.25, 0.3) is 5.56 Å². The zero-order chi connectivity index (χ0) is 16.3. The highest BCUT2D eigenvalue weighted by molar-refractivity contribution is 7.98. The fourth-order valence-electron chi connectivity index (χ4n) is 2.01. The lowest BCUT2D eigenvalue weighted by atomic mass is 10.1. The van der Waals surface area contributed by atoms with Crippen molar-refractivity contribution in [3.63, 3.8) is 0 Å². The third-order valence-electron chi connectivity index (χ3n) is 3.46. The van der Waals surface area contributed by atoms with Crippen LogP contribution in [-0.2, 0) is 12.8 Å². The Morgan fingerprint density at radius 2 is 2.18 bits per heavy atom. The summed E-state index contributed by atoms with van der Waals surface area (Å²) < 4.78 is 1.37. The predicted octanol–water partition coefficient (Wildman–Crippen LogP) is 2.38. The van der Waals surface area contributed by atoms with Gasteiger partial charge in [-0.1, -0.05) is 6.92 Å². The van der Waals surface area contributed by atoms with Gasteiger partial charge in [0.1, 0.15) is 5.01 Å². The van der Waals surface area contributed by atoms with E-state index in [4.69, 9.17) is 5.11 Å². The fraction of sp³-hybridized carbons (Fsp3) is 0.533. The van der Waals surface area contributed by atoms with Crippen molar-refractivity contribution < 1.29 is 5.11 Å². The van der Waals surface area contributed by atoms with Crippen molar-refractivity contribution in [1.29, 1.82) is 0 Å². The number of aliphatic hydroxyl groups is 1. The first-order chi connectivity index (χ1) is 10.4. The third kappa shape index (κ3) is 3.77. The number of thiazole rings is 1. The number of nitrogens with zero attached hydrogens (tertiary/aromatic N) is 3. The molecule has 22 heavy (non-hydrogen) atoms. The van der Waals surface area contributed by atoms with Gasteiger partial charge in [-0.25, -0.2) is 9.67 Å². The highest BCUT2D eigenvalue weighted by Gasteiger charge is 2.16. The highest BCUT2D eigenvalue weighted by atomic mass is 32.2. The summed E-state index contributed by atoms with van der Waals surface area (Å²) in [5.41, 5.74) is 3.27. The van der Waals surface area contributed by atoms with Gasteiger partial charge in [0.2, 0.25) is 0 Å². The van der Waals surface area contributed by atoms with Crippen molar-refractivity contribution in [2.75, 3.05) is 12.4 Å². The Bertz CT molecular complexity index is 709. The van der Waals surface area contributed by atoms with Crippen molar-refractivity contribution in [2.45, 2.75) is 26.5 Å². The van der Waals surface area contributed by atoms with E-state index in [1.807, 2.05) is 26.2 Å². The summed E-state index contributed by atoms with van der Waals surface area (Å²) in [5, 5.41) is 16.0. The van der Waals surface area contributed by atoms with Gasteiger partial charge in [0.05, 0.1) is 17.0 Å². The summed E-state index contributed by atoms with van der Waals surface area (Å²) in [6.45, 7) is 6.05. The summed E-state index contributed by atoms with van der Waals surface area (Å²) in [6, 6.07) is 0. The van der Waals surface area contributed by atoms with Crippen molar-refractivity contribution in [1.82, 2.24) is 14.8 Å². The molecule has 0 amide bonds. The Hall–Kier alpha value is -1.18. The van der Waals surface area contributed by atoms with E-state index < -0.39 is 0 Å². The molecule has 5 nitrogen and oxygen atoms in total. The van der Waals surface area contributed by atoms with Crippen LogP contribution in [0.3, 0.4) is 0 Å². The van der Waals surface area contributed by atoms with Crippen LogP contribution in [0, 0.1) is 19.8 Å². The Balaban J connectivity index is 2.20. The lowest BCUT2D eigenvalue weighted by Gasteiger charge is -2.07. The van der Waals surface area contributed by atoms with Gasteiger partial charge in [0.15, 0.2) is 0 Å². The van der Waals surface area contributed by atoms with Gasteiger partial charge >= 0.3 is 0 Å². The van der Waals surface area contributed by atoms with Crippen molar-refractivity contribution in [3.8, 4) is 10.6 Å². The van der Waals surface area contributed by atoms with Crippen LogP contribution >= 0.6 is 23.1 Å². The smallest absolute Gasteiger partial charge is 0.277 e. The molecule has 7 heteroatoms. The van der Waals surface area contributed by atoms with E-state index in [0.29, 0.717) is 11.5 Å². The van der Waals surface area contributed by atoms with E-state index in [0.717, 1.165) is 33.5 Å². The molecular weight excluding hydrogens is 318 g/mol. The Morgan fingerprint density at radius 3 is 2.86 bits per heavy atom. The molecule has 120 valence electrons. The van der Waals surface area contributed by atoms with Crippen LogP contribution in [0.2, 0.25) is 0 Å². The van der Waals surface area contributed by atoms with Gasteiger partial charge < -0.3 is 5.11 Å². The maximum absolute atomic E-state index is 12.3. The molecule has 0 saturated heterocycles.